The van der Waals surface area contributed by atoms with Gasteiger partial charge in [0, 0.05) is 22.2 Å². The van der Waals surface area contributed by atoms with Crippen molar-refractivity contribution in [2.75, 3.05) is 18.3 Å². The molecule has 2 aliphatic rings. The van der Waals surface area contributed by atoms with E-state index in [1.807, 2.05) is 0 Å². The average molecular weight is 426 g/mol. The van der Waals surface area contributed by atoms with E-state index in [0.29, 0.717) is 35.1 Å². The van der Waals surface area contributed by atoms with E-state index in [0.717, 1.165) is 5.56 Å². The number of benzene rings is 1. The highest BCUT2D eigenvalue weighted by atomic mass is 35.5. The van der Waals surface area contributed by atoms with Gasteiger partial charge >= 0.3 is 0 Å². The van der Waals surface area contributed by atoms with Gasteiger partial charge in [-0.3, -0.25) is 4.79 Å². The number of furan rings is 1. The number of sulfone groups is 1. The van der Waals surface area contributed by atoms with Gasteiger partial charge in [-0.05, 0) is 30.7 Å². The zero-order chi connectivity index (χ0) is 19.7. The molecule has 150 valence electrons. The molecule has 2 aromatic rings. The van der Waals surface area contributed by atoms with Gasteiger partial charge in [0.1, 0.15) is 11.5 Å². The van der Waals surface area contributed by atoms with Crippen molar-refractivity contribution in [3.05, 3.63) is 52.4 Å². The van der Waals surface area contributed by atoms with Crippen LogP contribution in [-0.4, -0.2) is 43.6 Å². The number of carbonyl (C=O) groups excluding carboxylic acids is 1. The van der Waals surface area contributed by atoms with Crippen LogP contribution in [0.25, 0.3) is 0 Å². The smallest absolute Gasteiger partial charge is 0.227 e. The zero-order valence-corrected chi connectivity index (χ0v) is 16.7. The fraction of sp³-hybridized carbons (Fsp3) is 0.421. The highest BCUT2D eigenvalue weighted by Gasteiger charge is 2.35. The van der Waals surface area contributed by atoms with Gasteiger partial charge in [0.25, 0.3) is 0 Å². The number of ether oxygens (including phenoxy) is 2. The Bertz CT molecular complexity index is 973. The molecule has 2 aliphatic heterocycles. The maximum absolute atomic E-state index is 13.2. The monoisotopic (exact) mass is 425 g/mol. The van der Waals surface area contributed by atoms with E-state index < -0.39 is 9.84 Å². The summed E-state index contributed by atoms with van der Waals surface area (Å²) in [5.41, 5.74) is 1.46. The van der Waals surface area contributed by atoms with Gasteiger partial charge in [0.2, 0.25) is 5.91 Å². The van der Waals surface area contributed by atoms with Crippen LogP contribution < -0.4 is 4.74 Å². The molecule has 1 aromatic heterocycles. The Morgan fingerprint density at radius 2 is 2.18 bits per heavy atom. The van der Waals surface area contributed by atoms with Crippen molar-refractivity contribution in [3.63, 3.8) is 0 Å². The SMILES string of the molecule is O=C(Cc1cc(Cl)cc2c1OCOC2)N(Cc1ccco1)[C@H]1CCS(=O)(=O)C1. The summed E-state index contributed by atoms with van der Waals surface area (Å²) in [6.45, 7) is 0.708. The standard InChI is InChI=1S/C19H20ClNO6S/c20-15-6-13(19-14(7-15)10-25-12-27-19)8-18(22)21(9-17-2-1-4-26-17)16-3-5-28(23,24)11-16/h1-2,4,6-7,16H,3,5,8-12H2/t16-/m0/s1. The molecule has 0 radical (unpaired) electrons. The molecule has 0 spiro atoms. The summed E-state index contributed by atoms with van der Waals surface area (Å²) in [5.74, 6) is 1.08. The fourth-order valence-corrected chi connectivity index (χ4v) is 5.66. The van der Waals surface area contributed by atoms with E-state index >= 15 is 0 Å². The Balaban J connectivity index is 1.60. The molecule has 3 heterocycles. The third-order valence-corrected chi connectivity index (χ3v) is 6.94. The summed E-state index contributed by atoms with van der Waals surface area (Å²) in [5, 5.41) is 0.497. The summed E-state index contributed by atoms with van der Waals surface area (Å²) < 4.78 is 40.2. The molecule has 1 aromatic carbocycles. The molecule has 4 rings (SSSR count). The van der Waals surface area contributed by atoms with Gasteiger partial charge in [-0.15, -0.1) is 0 Å². The summed E-state index contributed by atoms with van der Waals surface area (Å²) in [6, 6.07) is 6.60. The Morgan fingerprint density at radius 1 is 1.32 bits per heavy atom. The van der Waals surface area contributed by atoms with Gasteiger partial charge in [-0.25, -0.2) is 8.42 Å². The lowest BCUT2D eigenvalue weighted by molar-refractivity contribution is -0.133. The molecule has 0 saturated carbocycles. The Labute approximate surface area is 168 Å². The second kappa shape index (κ2) is 7.77. The number of hydrogen-bond acceptors (Lipinski definition) is 6. The molecule has 0 aliphatic carbocycles. The van der Waals surface area contributed by atoms with E-state index in [-0.39, 0.29) is 43.2 Å². The van der Waals surface area contributed by atoms with Crippen LogP contribution in [0.3, 0.4) is 0 Å². The first-order valence-corrected chi connectivity index (χ1v) is 11.2. The maximum atomic E-state index is 13.2. The molecule has 1 saturated heterocycles. The molecule has 0 bridgehead atoms. The minimum Gasteiger partial charge on any atom is -0.467 e. The van der Waals surface area contributed by atoms with Crippen molar-refractivity contribution in [1.82, 2.24) is 4.90 Å². The van der Waals surface area contributed by atoms with Crippen molar-refractivity contribution in [2.24, 2.45) is 0 Å². The van der Waals surface area contributed by atoms with Crippen LogP contribution in [0.5, 0.6) is 5.75 Å². The minimum absolute atomic E-state index is 0.0303. The highest BCUT2D eigenvalue weighted by Crippen LogP contribution is 2.33. The number of nitrogens with zero attached hydrogens (tertiary/aromatic N) is 1. The zero-order valence-electron chi connectivity index (χ0n) is 15.1. The quantitative estimate of drug-likeness (QED) is 0.731. The highest BCUT2D eigenvalue weighted by molar-refractivity contribution is 7.91. The summed E-state index contributed by atoms with van der Waals surface area (Å²) >= 11 is 6.19. The van der Waals surface area contributed by atoms with Crippen LogP contribution >= 0.6 is 11.6 Å². The first-order valence-electron chi connectivity index (χ1n) is 8.95. The van der Waals surface area contributed by atoms with Crippen LogP contribution in [0, 0.1) is 0 Å². The van der Waals surface area contributed by atoms with Crippen molar-refractivity contribution < 1.29 is 27.1 Å². The van der Waals surface area contributed by atoms with E-state index in [1.165, 1.54) is 6.26 Å². The third kappa shape index (κ3) is 4.19. The first-order chi connectivity index (χ1) is 13.4. The van der Waals surface area contributed by atoms with Crippen LogP contribution in [0.1, 0.15) is 23.3 Å². The van der Waals surface area contributed by atoms with Gasteiger partial charge in [-0.1, -0.05) is 11.6 Å². The van der Waals surface area contributed by atoms with Crippen molar-refractivity contribution in [3.8, 4) is 5.75 Å². The van der Waals surface area contributed by atoms with E-state index in [1.54, 1.807) is 29.2 Å². The normalized spacial score (nSPS) is 20.4. The van der Waals surface area contributed by atoms with Crippen LogP contribution in [-0.2, 0) is 38.9 Å². The second-order valence-corrected chi connectivity index (χ2v) is 9.66. The Hall–Kier alpha value is -2.03. The molecule has 9 heteroatoms. The van der Waals surface area contributed by atoms with Crippen molar-refractivity contribution in [1.29, 1.82) is 0 Å². The Morgan fingerprint density at radius 3 is 2.89 bits per heavy atom. The number of fused-ring (bicyclic) bond motifs is 1. The number of hydrogen-bond donors (Lipinski definition) is 0. The molecule has 7 nitrogen and oxygen atoms in total. The molecule has 1 atom stereocenters. The number of amides is 1. The Kier molecular flexibility index (Phi) is 5.35. The van der Waals surface area contributed by atoms with Crippen molar-refractivity contribution >= 4 is 27.3 Å². The first kappa shape index (κ1) is 19.3. The number of rotatable bonds is 5. The summed E-state index contributed by atoms with van der Waals surface area (Å²) in [7, 11) is -3.13. The topological polar surface area (TPSA) is 86.1 Å². The van der Waals surface area contributed by atoms with Crippen LogP contribution in [0.15, 0.2) is 34.9 Å². The molecular formula is C19H20ClNO6S. The maximum Gasteiger partial charge on any atom is 0.227 e. The number of halogens is 1. The molecule has 1 fully saturated rings. The van der Waals surface area contributed by atoms with E-state index in [4.69, 9.17) is 25.5 Å². The number of carbonyl (C=O) groups is 1. The average Bonchev–Trinajstić information content (AvgIpc) is 3.28. The van der Waals surface area contributed by atoms with E-state index in [2.05, 4.69) is 0 Å². The predicted octanol–water partition coefficient (Wildman–Crippen LogP) is 2.56. The van der Waals surface area contributed by atoms with Gasteiger partial charge in [-0.2, -0.15) is 0 Å². The molecule has 28 heavy (non-hydrogen) atoms. The van der Waals surface area contributed by atoms with Crippen LogP contribution in [0.4, 0.5) is 0 Å². The van der Waals surface area contributed by atoms with Gasteiger partial charge < -0.3 is 18.8 Å². The molecule has 1 amide bonds. The third-order valence-electron chi connectivity index (χ3n) is 4.97. The van der Waals surface area contributed by atoms with E-state index in [9.17, 15) is 13.2 Å². The minimum atomic E-state index is -3.13. The predicted molar refractivity (Wildman–Crippen MR) is 102 cm³/mol. The largest absolute Gasteiger partial charge is 0.467 e. The lowest BCUT2D eigenvalue weighted by Crippen LogP contribution is -2.41. The van der Waals surface area contributed by atoms with Crippen molar-refractivity contribution in [2.45, 2.75) is 32.0 Å². The molecular weight excluding hydrogens is 406 g/mol. The lowest BCUT2D eigenvalue weighted by Gasteiger charge is -2.28. The second-order valence-electron chi connectivity index (χ2n) is 7.00. The summed E-state index contributed by atoms with van der Waals surface area (Å²) in [6.07, 6.45) is 2.01. The fourth-order valence-electron chi connectivity index (χ4n) is 3.67. The lowest BCUT2D eigenvalue weighted by atomic mass is 10.0. The summed E-state index contributed by atoms with van der Waals surface area (Å²) in [4.78, 5) is 14.8. The molecule has 0 unspecified atom stereocenters. The van der Waals surface area contributed by atoms with Gasteiger partial charge in [0.15, 0.2) is 16.6 Å². The molecule has 0 N–H and O–H groups in total. The van der Waals surface area contributed by atoms with Gasteiger partial charge in [0.05, 0.1) is 37.3 Å². The van der Waals surface area contributed by atoms with Crippen LogP contribution in [0.2, 0.25) is 5.02 Å².